The average molecular weight is 290 g/mol. The van der Waals surface area contributed by atoms with Gasteiger partial charge in [0.05, 0.1) is 0 Å². The molecule has 0 spiro atoms. The minimum Gasteiger partial charge on any atom is -0.363 e. The van der Waals surface area contributed by atoms with Gasteiger partial charge in [0.2, 0.25) is 0 Å². The van der Waals surface area contributed by atoms with E-state index in [1.54, 1.807) is 0 Å². The summed E-state index contributed by atoms with van der Waals surface area (Å²) < 4.78 is 5.72. The molecule has 0 aliphatic heterocycles. The van der Waals surface area contributed by atoms with E-state index in [4.69, 9.17) is 4.74 Å². The number of alkyl halides is 1. The summed E-state index contributed by atoms with van der Waals surface area (Å²) in [6.45, 7) is 7.03. The van der Waals surface area contributed by atoms with Crippen LogP contribution in [-0.2, 0) is 4.74 Å². The Kier molecular flexibility index (Phi) is 4.19. The third-order valence-corrected chi connectivity index (χ3v) is 3.01. The summed E-state index contributed by atoms with van der Waals surface area (Å²) in [4.78, 5) is 0. The third kappa shape index (κ3) is 2.95. The summed E-state index contributed by atoms with van der Waals surface area (Å²) >= 11 is 2.32. The van der Waals surface area contributed by atoms with Gasteiger partial charge in [0.1, 0.15) is 4.11 Å². The summed E-state index contributed by atoms with van der Waals surface area (Å²) in [6.07, 6.45) is 0. The zero-order chi connectivity index (χ0) is 9.84. The van der Waals surface area contributed by atoms with Gasteiger partial charge in [-0.15, -0.1) is 0 Å². The monoisotopic (exact) mass is 290 g/mol. The van der Waals surface area contributed by atoms with E-state index in [1.807, 2.05) is 6.92 Å². The molecule has 13 heavy (non-hydrogen) atoms. The van der Waals surface area contributed by atoms with Crippen molar-refractivity contribution >= 4 is 22.6 Å². The van der Waals surface area contributed by atoms with Gasteiger partial charge in [-0.3, -0.25) is 0 Å². The molecule has 0 fully saturated rings. The maximum absolute atomic E-state index is 5.54. The first-order valence-electron chi connectivity index (χ1n) is 4.48. The van der Waals surface area contributed by atoms with Crippen LogP contribution in [0.5, 0.6) is 0 Å². The Hall–Kier alpha value is -0.0900. The molecule has 1 rings (SSSR count). The normalized spacial score (nSPS) is 12.9. The van der Waals surface area contributed by atoms with Crippen molar-refractivity contribution in [2.75, 3.05) is 6.61 Å². The van der Waals surface area contributed by atoms with E-state index in [2.05, 4.69) is 54.6 Å². The highest BCUT2D eigenvalue weighted by molar-refractivity contribution is 14.1. The number of hydrogen-bond donors (Lipinski definition) is 0. The van der Waals surface area contributed by atoms with Crippen LogP contribution in [0.4, 0.5) is 0 Å². The maximum Gasteiger partial charge on any atom is 0.134 e. The molecule has 0 aromatic heterocycles. The molecular weight excluding hydrogens is 275 g/mol. The van der Waals surface area contributed by atoms with Crippen LogP contribution >= 0.6 is 22.6 Å². The Morgan fingerprint density at radius 1 is 1.38 bits per heavy atom. The topological polar surface area (TPSA) is 9.23 Å². The molecule has 1 unspecified atom stereocenters. The molecule has 72 valence electrons. The maximum atomic E-state index is 5.54. The molecule has 0 amide bonds. The first-order chi connectivity index (χ1) is 6.15. The van der Waals surface area contributed by atoms with Gasteiger partial charge in [0, 0.05) is 6.61 Å². The molecule has 0 N–H and O–H groups in total. The third-order valence-electron chi connectivity index (χ3n) is 1.98. The van der Waals surface area contributed by atoms with Gasteiger partial charge in [-0.2, -0.15) is 0 Å². The van der Waals surface area contributed by atoms with Crippen LogP contribution in [-0.4, -0.2) is 6.61 Å². The molecule has 1 aromatic carbocycles. The Bertz CT molecular complexity index is 283. The van der Waals surface area contributed by atoms with Crippen LogP contribution in [0, 0.1) is 13.8 Å². The Labute approximate surface area is 93.6 Å². The zero-order valence-electron chi connectivity index (χ0n) is 8.30. The van der Waals surface area contributed by atoms with Crippen molar-refractivity contribution in [2.24, 2.45) is 0 Å². The van der Waals surface area contributed by atoms with E-state index in [0.29, 0.717) is 0 Å². The van der Waals surface area contributed by atoms with Gasteiger partial charge in [0.15, 0.2) is 0 Å². The Morgan fingerprint density at radius 3 is 2.62 bits per heavy atom. The van der Waals surface area contributed by atoms with Crippen molar-refractivity contribution in [3.8, 4) is 0 Å². The number of hydrogen-bond acceptors (Lipinski definition) is 1. The van der Waals surface area contributed by atoms with Crippen molar-refractivity contribution in [3.05, 3.63) is 34.9 Å². The second kappa shape index (κ2) is 4.96. The quantitative estimate of drug-likeness (QED) is 0.608. The van der Waals surface area contributed by atoms with Crippen LogP contribution in [0.1, 0.15) is 27.7 Å². The van der Waals surface area contributed by atoms with Crippen LogP contribution in [0.3, 0.4) is 0 Å². The fourth-order valence-corrected chi connectivity index (χ4v) is 2.37. The van der Waals surface area contributed by atoms with Crippen molar-refractivity contribution in [1.82, 2.24) is 0 Å². The highest BCUT2D eigenvalue weighted by atomic mass is 127. The van der Waals surface area contributed by atoms with Crippen LogP contribution < -0.4 is 0 Å². The zero-order valence-corrected chi connectivity index (χ0v) is 10.5. The lowest BCUT2D eigenvalue weighted by molar-refractivity contribution is 0.137. The van der Waals surface area contributed by atoms with E-state index >= 15 is 0 Å². The van der Waals surface area contributed by atoms with E-state index in [0.717, 1.165) is 6.61 Å². The van der Waals surface area contributed by atoms with Gasteiger partial charge >= 0.3 is 0 Å². The predicted octanol–water partition coefficient (Wildman–Crippen LogP) is 3.77. The lowest BCUT2D eigenvalue weighted by atomic mass is 10.1. The van der Waals surface area contributed by atoms with Gasteiger partial charge in [0.25, 0.3) is 0 Å². The molecule has 1 atom stereocenters. The summed E-state index contributed by atoms with van der Waals surface area (Å²) in [7, 11) is 0. The summed E-state index contributed by atoms with van der Waals surface area (Å²) in [5.41, 5.74) is 3.90. The molecule has 1 aromatic rings. The highest BCUT2D eigenvalue weighted by Crippen LogP contribution is 2.27. The number of halogens is 1. The summed E-state index contributed by atoms with van der Waals surface area (Å²) in [6, 6.07) is 6.48. The molecule has 0 heterocycles. The minimum absolute atomic E-state index is 0.184. The van der Waals surface area contributed by atoms with Crippen molar-refractivity contribution < 1.29 is 4.74 Å². The Morgan fingerprint density at radius 2 is 2.08 bits per heavy atom. The second-order valence-electron chi connectivity index (χ2n) is 3.13. The Balaban J connectivity index is 2.88. The molecule has 0 aliphatic carbocycles. The number of aryl methyl sites for hydroxylation is 2. The molecule has 0 saturated carbocycles. The van der Waals surface area contributed by atoms with Crippen LogP contribution in [0.15, 0.2) is 18.2 Å². The number of ether oxygens (including phenoxy) is 1. The standard InChI is InChI=1S/C11H15IO/c1-4-13-11(12)10-6-5-8(2)7-9(10)3/h5-7,11H,4H2,1-3H3. The fraction of sp³-hybridized carbons (Fsp3) is 0.455. The summed E-state index contributed by atoms with van der Waals surface area (Å²) in [5, 5.41) is 0. The first-order valence-corrected chi connectivity index (χ1v) is 5.72. The van der Waals surface area contributed by atoms with E-state index in [1.165, 1.54) is 16.7 Å². The molecule has 1 nitrogen and oxygen atoms in total. The van der Waals surface area contributed by atoms with Gasteiger partial charge in [-0.25, -0.2) is 0 Å². The molecule has 0 aliphatic rings. The van der Waals surface area contributed by atoms with Crippen molar-refractivity contribution in [3.63, 3.8) is 0 Å². The smallest absolute Gasteiger partial charge is 0.134 e. The SMILES string of the molecule is CCOC(I)c1ccc(C)cc1C. The van der Waals surface area contributed by atoms with Gasteiger partial charge in [-0.05, 0) is 54.5 Å². The van der Waals surface area contributed by atoms with Gasteiger partial charge < -0.3 is 4.74 Å². The molecule has 0 bridgehead atoms. The predicted molar refractivity (Wildman–Crippen MR) is 64.3 cm³/mol. The minimum atomic E-state index is 0.184. The van der Waals surface area contributed by atoms with Gasteiger partial charge in [-0.1, -0.05) is 23.8 Å². The van der Waals surface area contributed by atoms with E-state index in [-0.39, 0.29) is 4.11 Å². The average Bonchev–Trinajstić information content (AvgIpc) is 2.04. The van der Waals surface area contributed by atoms with Crippen molar-refractivity contribution in [2.45, 2.75) is 24.9 Å². The fourth-order valence-electron chi connectivity index (χ4n) is 1.32. The molecule has 0 radical (unpaired) electrons. The van der Waals surface area contributed by atoms with Crippen molar-refractivity contribution in [1.29, 1.82) is 0 Å². The molecular formula is C11H15IO. The molecule has 0 saturated heterocycles. The van der Waals surface area contributed by atoms with Crippen LogP contribution in [0.2, 0.25) is 0 Å². The lowest BCUT2D eigenvalue weighted by Gasteiger charge is -2.13. The largest absolute Gasteiger partial charge is 0.363 e. The second-order valence-corrected chi connectivity index (χ2v) is 4.26. The lowest BCUT2D eigenvalue weighted by Crippen LogP contribution is -1.98. The highest BCUT2D eigenvalue weighted by Gasteiger charge is 2.08. The molecule has 2 heteroatoms. The first kappa shape index (κ1) is 11.0. The summed E-state index contributed by atoms with van der Waals surface area (Å²) in [5.74, 6) is 0. The number of rotatable bonds is 3. The number of benzene rings is 1. The van der Waals surface area contributed by atoms with E-state index in [9.17, 15) is 0 Å². The van der Waals surface area contributed by atoms with Crippen LogP contribution in [0.25, 0.3) is 0 Å². The van der Waals surface area contributed by atoms with E-state index < -0.39 is 0 Å².